The number of ether oxygens (including phenoxy) is 2. The highest BCUT2D eigenvalue weighted by atomic mass is 16.6. The maximum atomic E-state index is 11.3. The van der Waals surface area contributed by atoms with Crippen LogP contribution in [-0.2, 0) is 20.7 Å². The van der Waals surface area contributed by atoms with Gasteiger partial charge in [-0.15, -0.1) is 0 Å². The minimum Gasteiger partial charge on any atom is -0.494 e. The molecule has 9 heteroatoms. The second-order valence-corrected chi connectivity index (χ2v) is 7.84. The van der Waals surface area contributed by atoms with Crippen molar-refractivity contribution in [2.45, 2.75) is 63.3 Å². The van der Waals surface area contributed by atoms with Crippen LogP contribution in [0.15, 0.2) is 24.3 Å². The number of nitrogens with two attached hydrogens (primary N) is 1. The predicted octanol–water partition coefficient (Wildman–Crippen LogP) is 0.434. The summed E-state index contributed by atoms with van der Waals surface area (Å²) in [6, 6.07) is 6.96. The lowest BCUT2D eigenvalue weighted by Gasteiger charge is -2.21. The number of carboxylic acid groups (broad SMARTS) is 1. The van der Waals surface area contributed by atoms with Gasteiger partial charge in [-0.05, 0) is 56.5 Å². The second-order valence-electron chi connectivity index (χ2n) is 7.84. The summed E-state index contributed by atoms with van der Waals surface area (Å²) in [6.45, 7) is 3.35. The third-order valence-corrected chi connectivity index (χ3v) is 5.27. The number of aliphatic hydroxyl groups is 1. The predicted molar refractivity (Wildman–Crippen MR) is 116 cm³/mol. The number of hydrogen-bond donors (Lipinski definition) is 5. The first-order valence-corrected chi connectivity index (χ1v) is 10.9. The van der Waals surface area contributed by atoms with E-state index in [0.717, 1.165) is 24.2 Å². The van der Waals surface area contributed by atoms with E-state index in [4.69, 9.17) is 15.2 Å². The molecule has 4 atom stereocenters. The van der Waals surface area contributed by atoms with Crippen LogP contribution >= 0.6 is 0 Å². The third-order valence-electron chi connectivity index (χ3n) is 5.27. The van der Waals surface area contributed by atoms with Crippen LogP contribution in [0.3, 0.4) is 0 Å². The van der Waals surface area contributed by atoms with Gasteiger partial charge in [0.1, 0.15) is 24.0 Å². The number of aliphatic carboxylic acids is 1. The summed E-state index contributed by atoms with van der Waals surface area (Å²) < 4.78 is 11.0. The van der Waals surface area contributed by atoms with Crippen LogP contribution in [0.1, 0.15) is 38.2 Å². The first-order chi connectivity index (χ1) is 14.9. The van der Waals surface area contributed by atoms with Gasteiger partial charge in [0, 0.05) is 13.5 Å². The van der Waals surface area contributed by atoms with Crippen molar-refractivity contribution in [2.75, 3.05) is 26.2 Å². The summed E-state index contributed by atoms with van der Waals surface area (Å²) in [5.41, 5.74) is 6.49. The van der Waals surface area contributed by atoms with E-state index in [1.54, 1.807) is 0 Å². The molecular weight excluding hydrogens is 402 g/mol. The van der Waals surface area contributed by atoms with E-state index >= 15 is 0 Å². The zero-order valence-electron chi connectivity index (χ0n) is 18.1. The Labute approximate surface area is 183 Å². The van der Waals surface area contributed by atoms with E-state index in [1.165, 1.54) is 6.92 Å². The minimum absolute atomic E-state index is 0.135. The molecule has 0 bridgehead atoms. The number of rotatable bonds is 14. The smallest absolute Gasteiger partial charge is 0.320 e. The molecule has 1 saturated heterocycles. The fourth-order valence-corrected chi connectivity index (χ4v) is 3.63. The standard InChI is InChI=1S/C22H35N3O6/c1-15(26)31-21-19(25-14-20(21)27)13-16-6-8-17(9-7-16)30-12-4-11-24-18(22(28)29)5-2-3-10-23/h6-9,18-21,24-25,27H,2-5,10-14,23H2,1H3,(H,28,29)/t18-,19+,20-,21-/m0/s1. The molecule has 1 aliphatic rings. The molecule has 2 rings (SSSR count). The van der Waals surface area contributed by atoms with Gasteiger partial charge in [0.15, 0.2) is 0 Å². The summed E-state index contributed by atoms with van der Waals surface area (Å²) in [4.78, 5) is 22.5. The van der Waals surface area contributed by atoms with Crippen LogP contribution in [0.2, 0.25) is 0 Å². The van der Waals surface area contributed by atoms with Crippen LogP contribution in [-0.4, -0.2) is 72.7 Å². The molecular formula is C22H35N3O6. The van der Waals surface area contributed by atoms with Gasteiger partial charge in [-0.3, -0.25) is 9.59 Å². The third kappa shape index (κ3) is 8.82. The number of carbonyl (C=O) groups is 2. The lowest BCUT2D eigenvalue weighted by Crippen LogP contribution is -2.38. The van der Waals surface area contributed by atoms with Crippen LogP contribution in [0.5, 0.6) is 5.75 Å². The number of benzene rings is 1. The molecule has 31 heavy (non-hydrogen) atoms. The lowest BCUT2D eigenvalue weighted by atomic mass is 10.0. The summed E-state index contributed by atoms with van der Waals surface area (Å²) in [7, 11) is 0. The molecule has 1 aliphatic heterocycles. The molecule has 0 unspecified atom stereocenters. The molecule has 1 aromatic rings. The second kappa shape index (κ2) is 13.3. The Morgan fingerprint density at radius 2 is 2.00 bits per heavy atom. The fourth-order valence-electron chi connectivity index (χ4n) is 3.63. The van der Waals surface area contributed by atoms with Gasteiger partial charge in [0.25, 0.3) is 0 Å². The molecule has 0 spiro atoms. The van der Waals surface area contributed by atoms with E-state index in [0.29, 0.717) is 45.5 Å². The van der Waals surface area contributed by atoms with Crippen molar-refractivity contribution in [3.05, 3.63) is 29.8 Å². The number of aliphatic hydroxyl groups excluding tert-OH is 1. The van der Waals surface area contributed by atoms with Crippen molar-refractivity contribution in [3.63, 3.8) is 0 Å². The number of esters is 1. The summed E-state index contributed by atoms with van der Waals surface area (Å²) in [6.07, 6.45) is 2.25. The number of nitrogens with one attached hydrogen (secondary N) is 2. The average Bonchev–Trinajstić information content (AvgIpc) is 3.06. The lowest BCUT2D eigenvalue weighted by molar-refractivity contribution is -0.151. The Bertz CT molecular complexity index is 684. The average molecular weight is 438 g/mol. The Morgan fingerprint density at radius 3 is 2.65 bits per heavy atom. The van der Waals surface area contributed by atoms with Gasteiger partial charge < -0.3 is 36.1 Å². The van der Waals surface area contributed by atoms with Gasteiger partial charge in [0.2, 0.25) is 0 Å². The largest absolute Gasteiger partial charge is 0.494 e. The molecule has 0 aromatic heterocycles. The van der Waals surface area contributed by atoms with Crippen LogP contribution < -0.4 is 21.1 Å². The highest BCUT2D eigenvalue weighted by Crippen LogP contribution is 2.19. The van der Waals surface area contributed by atoms with Crippen LogP contribution in [0.4, 0.5) is 0 Å². The summed E-state index contributed by atoms with van der Waals surface area (Å²) >= 11 is 0. The number of hydrogen-bond acceptors (Lipinski definition) is 8. The molecule has 6 N–H and O–H groups in total. The van der Waals surface area contributed by atoms with Crippen molar-refractivity contribution in [1.29, 1.82) is 0 Å². The van der Waals surface area contributed by atoms with Crippen molar-refractivity contribution in [2.24, 2.45) is 5.73 Å². The highest BCUT2D eigenvalue weighted by molar-refractivity contribution is 5.73. The molecule has 1 heterocycles. The van der Waals surface area contributed by atoms with E-state index in [-0.39, 0.29) is 6.04 Å². The molecule has 1 aromatic carbocycles. The number of carboxylic acids is 1. The van der Waals surface area contributed by atoms with Gasteiger partial charge in [0.05, 0.1) is 12.6 Å². The number of carbonyl (C=O) groups excluding carboxylic acids is 1. The van der Waals surface area contributed by atoms with E-state index in [1.807, 2.05) is 24.3 Å². The maximum absolute atomic E-state index is 11.3. The summed E-state index contributed by atoms with van der Waals surface area (Å²) in [5.74, 6) is -0.507. The van der Waals surface area contributed by atoms with Gasteiger partial charge >= 0.3 is 11.9 Å². The van der Waals surface area contributed by atoms with Crippen LogP contribution in [0, 0.1) is 0 Å². The maximum Gasteiger partial charge on any atom is 0.320 e. The Kier molecular flexibility index (Phi) is 10.7. The molecule has 1 fully saturated rings. The zero-order chi connectivity index (χ0) is 22.6. The normalized spacial score (nSPS) is 21.6. The Balaban J connectivity index is 1.70. The van der Waals surface area contributed by atoms with Gasteiger partial charge in [-0.25, -0.2) is 0 Å². The summed E-state index contributed by atoms with van der Waals surface area (Å²) in [5, 5.41) is 25.5. The van der Waals surface area contributed by atoms with Gasteiger partial charge in [-0.2, -0.15) is 0 Å². The highest BCUT2D eigenvalue weighted by Gasteiger charge is 2.37. The van der Waals surface area contributed by atoms with Crippen molar-refractivity contribution >= 4 is 11.9 Å². The van der Waals surface area contributed by atoms with E-state index in [2.05, 4.69) is 10.6 Å². The SMILES string of the molecule is CC(=O)O[C@@H]1[C@@H](O)CN[C@@H]1Cc1ccc(OCCCN[C@@H](CCCCN)C(=O)O)cc1. The minimum atomic E-state index is -0.839. The molecule has 0 amide bonds. The van der Waals surface area contributed by atoms with Crippen LogP contribution in [0.25, 0.3) is 0 Å². The fraction of sp³-hybridized carbons (Fsp3) is 0.636. The molecule has 0 radical (unpaired) electrons. The van der Waals surface area contributed by atoms with Gasteiger partial charge in [-0.1, -0.05) is 18.6 Å². The van der Waals surface area contributed by atoms with Crippen molar-refractivity contribution in [3.8, 4) is 5.75 Å². The van der Waals surface area contributed by atoms with Crippen molar-refractivity contribution in [1.82, 2.24) is 10.6 Å². The molecule has 9 nitrogen and oxygen atoms in total. The Hall–Kier alpha value is -2.20. The zero-order valence-corrected chi connectivity index (χ0v) is 18.1. The van der Waals surface area contributed by atoms with E-state index < -0.39 is 30.2 Å². The Morgan fingerprint density at radius 1 is 1.26 bits per heavy atom. The quantitative estimate of drug-likeness (QED) is 0.207. The van der Waals surface area contributed by atoms with Crippen molar-refractivity contribution < 1.29 is 29.3 Å². The first-order valence-electron chi connectivity index (χ1n) is 10.9. The van der Waals surface area contributed by atoms with E-state index in [9.17, 15) is 19.8 Å². The molecule has 0 aliphatic carbocycles. The topological polar surface area (TPSA) is 143 Å². The number of unbranched alkanes of at least 4 members (excludes halogenated alkanes) is 1. The first kappa shape index (κ1) is 25.1. The molecule has 174 valence electrons. The number of β-amino-alcohol motifs (C(OH)–C–C–N with tert-alkyl or cyclic N) is 1. The molecule has 0 saturated carbocycles. The monoisotopic (exact) mass is 437 g/mol.